The number of amides is 1. The zero-order chi connectivity index (χ0) is 16.2. The van der Waals surface area contributed by atoms with Gasteiger partial charge >= 0.3 is 0 Å². The predicted octanol–water partition coefficient (Wildman–Crippen LogP) is 0.870. The molecule has 1 N–H and O–H groups in total. The van der Waals surface area contributed by atoms with Crippen molar-refractivity contribution in [2.75, 3.05) is 26.9 Å². The maximum absolute atomic E-state index is 12.0. The molecule has 0 unspecified atom stereocenters. The molecule has 124 valence electrons. The molecule has 1 amide bonds. The van der Waals surface area contributed by atoms with Gasteiger partial charge in [0.2, 0.25) is 0 Å². The van der Waals surface area contributed by atoms with Crippen molar-refractivity contribution < 1.29 is 18.8 Å². The molecule has 23 heavy (non-hydrogen) atoms. The van der Waals surface area contributed by atoms with E-state index in [2.05, 4.69) is 15.6 Å². The van der Waals surface area contributed by atoms with Crippen molar-refractivity contribution in [3.8, 4) is 0 Å². The highest BCUT2D eigenvalue weighted by atomic mass is 16.5. The van der Waals surface area contributed by atoms with Gasteiger partial charge in [0.05, 0.1) is 25.5 Å². The zero-order valence-corrected chi connectivity index (χ0v) is 13.2. The summed E-state index contributed by atoms with van der Waals surface area (Å²) in [5.41, 5.74) is 2.30. The maximum Gasteiger partial charge on any atom is 0.273 e. The summed E-state index contributed by atoms with van der Waals surface area (Å²) in [6.45, 7) is 4.01. The van der Waals surface area contributed by atoms with Crippen LogP contribution in [0.25, 0.3) is 0 Å². The fourth-order valence-corrected chi connectivity index (χ4v) is 2.54. The summed E-state index contributed by atoms with van der Waals surface area (Å²) < 4.78 is 17.6. The molecule has 3 heterocycles. The largest absolute Gasteiger partial charge is 0.383 e. The van der Waals surface area contributed by atoms with Crippen LogP contribution in [0.4, 0.5) is 0 Å². The number of ether oxygens (including phenoxy) is 2. The topological polar surface area (TPSA) is 91.4 Å². The van der Waals surface area contributed by atoms with Crippen molar-refractivity contribution in [2.24, 2.45) is 0 Å². The van der Waals surface area contributed by atoms with Crippen LogP contribution < -0.4 is 5.32 Å². The van der Waals surface area contributed by atoms with E-state index in [0.717, 1.165) is 17.7 Å². The van der Waals surface area contributed by atoms with Crippen LogP contribution in [-0.4, -0.2) is 47.7 Å². The van der Waals surface area contributed by atoms with Gasteiger partial charge in [0.15, 0.2) is 5.69 Å². The van der Waals surface area contributed by atoms with E-state index in [1.54, 1.807) is 20.1 Å². The van der Waals surface area contributed by atoms with Crippen molar-refractivity contribution in [1.29, 1.82) is 0 Å². The zero-order valence-electron chi connectivity index (χ0n) is 13.2. The Morgan fingerprint density at radius 2 is 2.43 bits per heavy atom. The third-order valence-electron chi connectivity index (χ3n) is 3.70. The number of aromatic nitrogens is 3. The van der Waals surface area contributed by atoms with Crippen LogP contribution in [0.15, 0.2) is 16.8 Å². The second-order valence-electron chi connectivity index (χ2n) is 5.44. The third-order valence-corrected chi connectivity index (χ3v) is 3.70. The summed E-state index contributed by atoms with van der Waals surface area (Å²) in [6.07, 6.45) is 2.60. The normalized spacial score (nSPS) is 17.0. The average molecular weight is 320 g/mol. The first-order chi connectivity index (χ1) is 11.2. The van der Waals surface area contributed by atoms with Crippen LogP contribution in [0.5, 0.6) is 0 Å². The second-order valence-corrected chi connectivity index (χ2v) is 5.44. The summed E-state index contributed by atoms with van der Waals surface area (Å²) in [5.74, 6) is 0.319. The summed E-state index contributed by atoms with van der Waals surface area (Å²) in [7, 11) is 1.66. The van der Waals surface area contributed by atoms with E-state index in [1.165, 1.54) is 0 Å². The second kappa shape index (κ2) is 6.93. The molecule has 0 spiro atoms. The van der Waals surface area contributed by atoms with Crippen molar-refractivity contribution >= 4 is 5.91 Å². The monoisotopic (exact) mass is 320 g/mol. The van der Waals surface area contributed by atoms with E-state index >= 15 is 0 Å². The SMILES string of the molecule is COCCn1cc2c(n1)[C@@H](CNC(=O)c1cc(C)on1)OCC2. The van der Waals surface area contributed by atoms with Gasteiger partial charge in [-0.1, -0.05) is 5.16 Å². The van der Waals surface area contributed by atoms with Gasteiger partial charge in [0.25, 0.3) is 5.91 Å². The Balaban J connectivity index is 1.63. The quantitative estimate of drug-likeness (QED) is 0.849. The molecule has 3 rings (SSSR count). The number of rotatable bonds is 6. The van der Waals surface area contributed by atoms with E-state index in [4.69, 9.17) is 14.0 Å². The van der Waals surface area contributed by atoms with Crippen LogP contribution >= 0.6 is 0 Å². The first-order valence-corrected chi connectivity index (χ1v) is 7.55. The lowest BCUT2D eigenvalue weighted by Crippen LogP contribution is -2.32. The minimum absolute atomic E-state index is 0.250. The smallest absolute Gasteiger partial charge is 0.273 e. The van der Waals surface area contributed by atoms with Gasteiger partial charge < -0.3 is 19.3 Å². The fourth-order valence-electron chi connectivity index (χ4n) is 2.54. The van der Waals surface area contributed by atoms with Crippen LogP contribution in [-0.2, 0) is 22.4 Å². The van der Waals surface area contributed by atoms with Crippen molar-refractivity contribution in [3.63, 3.8) is 0 Å². The van der Waals surface area contributed by atoms with Crippen molar-refractivity contribution in [2.45, 2.75) is 26.0 Å². The van der Waals surface area contributed by atoms with Gasteiger partial charge in [-0.05, 0) is 18.9 Å². The molecule has 1 aliphatic heterocycles. The molecule has 1 aliphatic rings. The molecule has 0 radical (unpaired) electrons. The minimum atomic E-state index is -0.281. The average Bonchev–Trinajstić information content (AvgIpc) is 3.16. The first-order valence-electron chi connectivity index (χ1n) is 7.55. The number of methoxy groups -OCH3 is 1. The molecule has 2 aromatic heterocycles. The van der Waals surface area contributed by atoms with Crippen LogP contribution in [0.1, 0.15) is 33.6 Å². The highest BCUT2D eigenvalue weighted by molar-refractivity contribution is 5.92. The molecule has 8 nitrogen and oxygen atoms in total. The molecular weight excluding hydrogens is 300 g/mol. The van der Waals surface area contributed by atoms with Crippen molar-refractivity contribution in [3.05, 3.63) is 35.0 Å². The number of nitrogens with one attached hydrogen (secondary N) is 1. The Bertz CT molecular complexity index is 679. The lowest BCUT2D eigenvalue weighted by atomic mass is 10.1. The van der Waals surface area contributed by atoms with E-state index in [1.807, 2.05) is 10.9 Å². The van der Waals surface area contributed by atoms with Gasteiger partial charge in [0, 0.05) is 25.9 Å². The number of carbonyl (C=O) groups excluding carboxylic acids is 1. The Morgan fingerprint density at radius 3 is 3.17 bits per heavy atom. The molecular formula is C15H20N4O4. The Labute approximate surface area is 133 Å². The number of hydrogen-bond acceptors (Lipinski definition) is 6. The van der Waals surface area contributed by atoms with Gasteiger partial charge in [-0.2, -0.15) is 5.10 Å². The molecule has 0 saturated carbocycles. The molecule has 0 bridgehead atoms. The highest BCUT2D eigenvalue weighted by Gasteiger charge is 2.25. The molecule has 2 aromatic rings. The summed E-state index contributed by atoms with van der Waals surface area (Å²) in [5, 5.41) is 11.1. The molecule has 0 aliphatic carbocycles. The van der Waals surface area contributed by atoms with Gasteiger partial charge in [-0.25, -0.2) is 0 Å². The lowest BCUT2D eigenvalue weighted by Gasteiger charge is -2.21. The summed E-state index contributed by atoms with van der Waals surface area (Å²) in [4.78, 5) is 12.0. The Hall–Kier alpha value is -2.19. The number of hydrogen-bond donors (Lipinski definition) is 1. The van der Waals surface area contributed by atoms with E-state index in [-0.39, 0.29) is 17.7 Å². The first kappa shape index (κ1) is 15.7. The summed E-state index contributed by atoms with van der Waals surface area (Å²) in [6, 6.07) is 1.60. The van der Waals surface area contributed by atoms with E-state index in [0.29, 0.717) is 32.1 Å². The Kier molecular flexibility index (Phi) is 4.73. The molecule has 0 saturated heterocycles. The van der Waals surface area contributed by atoms with E-state index < -0.39 is 0 Å². The fraction of sp³-hybridized carbons (Fsp3) is 0.533. The molecule has 0 aromatic carbocycles. The molecule has 8 heteroatoms. The maximum atomic E-state index is 12.0. The number of carbonyl (C=O) groups is 1. The van der Waals surface area contributed by atoms with Gasteiger partial charge in [0.1, 0.15) is 11.9 Å². The Morgan fingerprint density at radius 1 is 1.57 bits per heavy atom. The van der Waals surface area contributed by atoms with Gasteiger partial charge in [-0.3, -0.25) is 9.48 Å². The lowest BCUT2D eigenvalue weighted by molar-refractivity contribution is 0.0381. The standard InChI is InChI=1S/C15H20N4O4/c1-10-7-12(18-23-10)15(20)16-8-13-14-11(3-5-22-13)9-19(17-14)4-6-21-2/h7,9,13H,3-6,8H2,1-2H3,(H,16,20)/t13-/m1/s1. The van der Waals surface area contributed by atoms with Crippen LogP contribution in [0, 0.1) is 6.92 Å². The van der Waals surface area contributed by atoms with Gasteiger partial charge in [-0.15, -0.1) is 0 Å². The van der Waals surface area contributed by atoms with Crippen LogP contribution in [0.3, 0.4) is 0 Å². The predicted molar refractivity (Wildman–Crippen MR) is 80.1 cm³/mol. The molecule has 0 fully saturated rings. The van der Waals surface area contributed by atoms with Crippen molar-refractivity contribution in [1.82, 2.24) is 20.3 Å². The molecule has 1 atom stereocenters. The summed E-state index contributed by atoms with van der Waals surface area (Å²) >= 11 is 0. The minimum Gasteiger partial charge on any atom is -0.383 e. The number of aryl methyl sites for hydroxylation is 1. The van der Waals surface area contributed by atoms with E-state index in [9.17, 15) is 4.79 Å². The number of nitrogens with zero attached hydrogens (tertiary/aromatic N) is 3. The van der Waals surface area contributed by atoms with Crippen LogP contribution in [0.2, 0.25) is 0 Å². The highest BCUT2D eigenvalue weighted by Crippen LogP contribution is 2.25. The number of fused-ring (bicyclic) bond motifs is 1. The third kappa shape index (κ3) is 3.59.